The number of rotatable bonds is 1. The summed E-state index contributed by atoms with van der Waals surface area (Å²) in [6.07, 6.45) is 0. The van der Waals surface area contributed by atoms with Crippen molar-refractivity contribution >= 4 is 15.9 Å². The number of hydrogen-bond donors (Lipinski definition) is 1. The summed E-state index contributed by atoms with van der Waals surface area (Å²) in [5, 5.41) is 18.5. The van der Waals surface area contributed by atoms with Crippen molar-refractivity contribution in [2.24, 2.45) is 0 Å². The van der Waals surface area contributed by atoms with E-state index in [1.165, 1.54) is 12.1 Å². The van der Waals surface area contributed by atoms with E-state index in [4.69, 9.17) is 5.26 Å². The van der Waals surface area contributed by atoms with E-state index in [9.17, 15) is 9.50 Å². The standard InChI is InChI=1S/C10H9BrFNO/c1-10(2,5-13)8-7(12)4-3-6(11)9(8)14/h3-4,14H,1-2H3. The van der Waals surface area contributed by atoms with E-state index < -0.39 is 11.2 Å². The van der Waals surface area contributed by atoms with Crippen LogP contribution in [0, 0.1) is 17.1 Å². The summed E-state index contributed by atoms with van der Waals surface area (Å²) in [5.41, 5.74) is -1.02. The maximum atomic E-state index is 13.4. The first kappa shape index (κ1) is 11.0. The number of hydrogen-bond acceptors (Lipinski definition) is 2. The highest BCUT2D eigenvalue weighted by Crippen LogP contribution is 2.37. The number of nitrogens with zero attached hydrogens (tertiary/aromatic N) is 1. The number of nitriles is 1. The van der Waals surface area contributed by atoms with Gasteiger partial charge in [-0.25, -0.2) is 4.39 Å². The molecule has 14 heavy (non-hydrogen) atoms. The molecule has 1 N–H and O–H groups in total. The molecule has 0 aliphatic heterocycles. The Morgan fingerprint density at radius 2 is 2.07 bits per heavy atom. The second-order valence-electron chi connectivity index (χ2n) is 3.49. The molecule has 4 heteroatoms. The normalized spacial score (nSPS) is 11.1. The third-order valence-corrected chi connectivity index (χ3v) is 2.62. The quantitative estimate of drug-likeness (QED) is 0.841. The topological polar surface area (TPSA) is 44.0 Å². The summed E-state index contributed by atoms with van der Waals surface area (Å²) < 4.78 is 13.8. The zero-order chi connectivity index (χ0) is 10.9. The van der Waals surface area contributed by atoms with E-state index in [1.807, 2.05) is 6.07 Å². The predicted molar refractivity (Wildman–Crippen MR) is 54.4 cm³/mol. The van der Waals surface area contributed by atoms with Crippen LogP contribution >= 0.6 is 15.9 Å². The highest BCUT2D eigenvalue weighted by atomic mass is 79.9. The Kier molecular flexibility index (Phi) is 2.81. The summed E-state index contributed by atoms with van der Waals surface area (Å²) in [6.45, 7) is 3.11. The molecular formula is C10H9BrFNO. The van der Waals surface area contributed by atoms with Gasteiger partial charge >= 0.3 is 0 Å². The Morgan fingerprint density at radius 1 is 1.50 bits per heavy atom. The minimum atomic E-state index is -1.04. The third-order valence-electron chi connectivity index (χ3n) is 1.98. The van der Waals surface area contributed by atoms with E-state index >= 15 is 0 Å². The largest absolute Gasteiger partial charge is 0.506 e. The molecule has 0 bridgehead atoms. The van der Waals surface area contributed by atoms with Gasteiger partial charge in [-0.1, -0.05) is 0 Å². The van der Waals surface area contributed by atoms with Gasteiger partial charge in [-0.3, -0.25) is 0 Å². The molecule has 0 fully saturated rings. The summed E-state index contributed by atoms with van der Waals surface area (Å²) in [7, 11) is 0. The van der Waals surface area contributed by atoms with Gasteiger partial charge < -0.3 is 5.11 Å². The van der Waals surface area contributed by atoms with E-state index in [0.29, 0.717) is 4.47 Å². The molecule has 0 amide bonds. The van der Waals surface area contributed by atoms with Crippen molar-refractivity contribution in [1.82, 2.24) is 0 Å². The molecule has 0 radical (unpaired) electrons. The van der Waals surface area contributed by atoms with E-state index in [1.54, 1.807) is 13.8 Å². The molecule has 1 aromatic carbocycles. The SMILES string of the molecule is CC(C)(C#N)c1c(F)ccc(Br)c1O. The molecule has 0 aliphatic rings. The zero-order valence-electron chi connectivity index (χ0n) is 7.81. The molecule has 0 spiro atoms. The van der Waals surface area contributed by atoms with Crippen LogP contribution in [0.25, 0.3) is 0 Å². The van der Waals surface area contributed by atoms with Gasteiger partial charge in [0.2, 0.25) is 0 Å². The van der Waals surface area contributed by atoms with Crippen LogP contribution in [-0.4, -0.2) is 5.11 Å². The number of phenolic OH excluding ortho intramolecular Hbond substituents is 1. The van der Waals surface area contributed by atoms with Crippen LogP contribution in [0.1, 0.15) is 19.4 Å². The Balaban J connectivity index is 3.49. The van der Waals surface area contributed by atoms with Crippen LogP contribution in [0.15, 0.2) is 16.6 Å². The van der Waals surface area contributed by atoms with Gasteiger partial charge in [-0.15, -0.1) is 0 Å². The first-order valence-electron chi connectivity index (χ1n) is 3.99. The first-order valence-corrected chi connectivity index (χ1v) is 4.78. The minimum Gasteiger partial charge on any atom is -0.506 e. The number of halogens is 2. The van der Waals surface area contributed by atoms with E-state index in [0.717, 1.165) is 0 Å². The van der Waals surface area contributed by atoms with E-state index in [-0.39, 0.29) is 11.3 Å². The smallest absolute Gasteiger partial charge is 0.137 e. The maximum Gasteiger partial charge on any atom is 0.137 e. The summed E-state index contributed by atoms with van der Waals surface area (Å²) in [6, 6.07) is 4.57. The summed E-state index contributed by atoms with van der Waals surface area (Å²) >= 11 is 3.08. The zero-order valence-corrected chi connectivity index (χ0v) is 9.39. The lowest BCUT2D eigenvalue weighted by Crippen LogP contribution is -2.16. The molecular weight excluding hydrogens is 249 g/mol. The van der Waals surface area contributed by atoms with Crippen LogP contribution in [0.3, 0.4) is 0 Å². The third kappa shape index (κ3) is 1.73. The van der Waals surface area contributed by atoms with Crippen molar-refractivity contribution in [3.8, 4) is 11.8 Å². The molecule has 0 aliphatic carbocycles. The van der Waals surface area contributed by atoms with Crippen molar-refractivity contribution in [3.63, 3.8) is 0 Å². The molecule has 0 heterocycles. The van der Waals surface area contributed by atoms with Crippen LogP contribution in [0.5, 0.6) is 5.75 Å². The van der Waals surface area contributed by atoms with Crippen LogP contribution in [0.4, 0.5) is 4.39 Å². The molecule has 0 atom stereocenters. The average molecular weight is 258 g/mol. The fourth-order valence-corrected chi connectivity index (χ4v) is 1.52. The van der Waals surface area contributed by atoms with E-state index in [2.05, 4.69) is 15.9 Å². The average Bonchev–Trinajstić information content (AvgIpc) is 2.12. The molecule has 1 aromatic rings. The highest BCUT2D eigenvalue weighted by molar-refractivity contribution is 9.10. The summed E-state index contributed by atoms with van der Waals surface area (Å²) in [4.78, 5) is 0. The Hall–Kier alpha value is -1.08. The van der Waals surface area contributed by atoms with Gasteiger partial charge in [0.25, 0.3) is 0 Å². The second-order valence-corrected chi connectivity index (χ2v) is 4.34. The lowest BCUT2D eigenvalue weighted by Gasteiger charge is -2.18. The van der Waals surface area contributed by atoms with Crippen molar-refractivity contribution in [2.75, 3.05) is 0 Å². The van der Waals surface area contributed by atoms with Crippen LogP contribution in [0.2, 0.25) is 0 Å². The lowest BCUT2D eigenvalue weighted by atomic mass is 9.85. The van der Waals surface area contributed by atoms with Gasteiger partial charge in [0, 0.05) is 0 Å². The molecule has 1 rings (SSSR count). The molecule has 0 unspecified atom stereocenters. The number of benzene rings is 1. The van der Waals surface area contributed by atoms with Gasteiger partial charge in [0.15, 0.2) is 0 Å². The van der Waals surface area contributed by atoms with Crippen LogP contribution < -0.4 is 0 Å². The Morgan fingerprint density at radius 3 is 2.57 bits per heavy atom. The van der Waals surface area contributed by atoms with Gasteiger partial charge in [0.1, 0.15) is 11.6 Å². The Labute approximate surface area is 90.1 Å². The fourth-order valence-electron chi connectivity index (χ4n) is 1.19. The van der Waals surface area contributed by atoms with Crippen molar-refractivity contribution in [1.29, 1.82) is 5.26 Å². The van der Waals surface area contributed by atoms with Gasteiger partial charge in [-0.05, 0) is 41.9 Å². The van der Waals surface area contributed by atoms with Crippen molar-refractivity contribution < 1.29 is 9.50 Å². The Bertz CT molecular complexity index is 409. The van der Waals surface area contributed by atoms with Crippen molar-refractivity contribution in [3.05, 3.63) is 28.0 Å². The highest BCUT2D eigenvalue weighted by Gasteiger charge is 2.28. The molecule has 0 saturated heterocycles. The van der Waals surface area contributed by atoms with Crippen LogP contribution in [-0.2, 0) is 5.41 Å². The molecule has 74 valence electrons. The molecule has 2 nitrogen and oxygen atoms in total. The van der Waals surface area contributed by atoms with Crippen molar-refractivity contribution in [2.45, 2.75) is 19.3 Å². The second kappa shape index (κ2) is 3.58. The molecule has 0 aromatic heterocycles. The summed E-state index contributed by atoms with van der Waals surface area (Å²) in [5.74, 6) is -0.784. The molecule has 0 saturated carbocycles. The maximum absolute atomic E-state index is 13.4. The monoisotopic (exact) mass is 257 g/mol. The first-order chi connectivity index (χ1) is 6.40. The van der Waals surface area contributed by atoms with Gasteiger partial charge in [-0.2, -0.15) is 5.26 Å². The predicted octanol–water partition coefficient (Wildman–Crippen LogP) is 3.09. The minimum absolute atomic E-state index is 0.0226. The number of aromatic hydroxyl groups is 1. The fraction of sp³-hybridized carbons (Fsp3) is 0.300. The lowest BCUT2D eigenvalue weighted by molar-refractivity contribution is 0.439. The number of phenols is 1. The van der Waals surface area contributed by atoms with Gasteiger partial charge in [0.05, 0.1) is 21.5 Å².